The maximum absolute atomic E-state index is 12.9. The van der Waals surface area contributed by atoms with Gasteiger partial charge in [0, 0.05) is 5.56 Å². The molecule has 0 aliphatic rings. The Labute approximate surface area is 206 Å². The summed E-state index contributed by atoms with van der Waals surface area (Å²) < 4.78 is 1.59. The van der Waals surface area contributed by atoms with Crippen LogP contribution in [0.1, 0.15) is 41.3 Å². The molecule has 2 aromatic carbocycles. The second kappa shape index (κ2) is 11.4. The number of hydrogen-bond acceptors (Lipinski definition) is 4. The summed E-state index contributed by atoms with van der Waals surface area (Å²) in [6, 6.07) is 14.3. The molecule has 3 rings (SSSR count). The topological polar surface area (TPSA) is 96.2 Å². The third-order valence-electron chi connectivity index (χ3n) is 5.84. The van der Waals surface area contributed by atoms with Crippen molar-refractivity contribution in [1.82, 2.24) is 15.1 Å². The van der Waals surface area contributed by atoms with Crippen LogP contribution < -0.4 is 10.6 Å². The fraction of sp³-hybridized carbons (Fsp3) is 0.250. The molecule has 0 spiro atoms. The number of aromatic nitrogens is 2. The van der Waals surface area contributed by atoms with Crippen molar-refractivity contribution < 1.29 is 14.7 Å². The number of rotatable bonds is 11. The number of carbonyl (C=O) groups excluding carboxylic acids is 2. The first-order valence-corrected chi connectivity index (χ1v) is 11.5. The van der Waals surface area contributed by atoms with Crippen molar-refractivity contribution in [3.05, 3.63) is 103 Å². The van der Waals surface area contributed by atoms with Crippen molar-refractivity contribution in [1.29, 1.82) is 0 Å². The molecule has 0 saturated heterocycles. The van der Waals surface area contributed by atoms with E-state index in [1.165, 1.54) is 0 Å². The maximum Gasteiger partial charge on any atom is 0.251 e. The van der Waals surface area contributed by atoms with E-state index < -0.39 is 11.6 Å². The largest absolute Gasteiger partial charge is 0.387 e. The highest BCUT2D eigenvalue weighted by Crippen LogP contribution is 2.22. The van der Waals surface area contributed by atoms with Gasteiger partial charge >= 0.3 is 0 Å². The molecule has 3 aromatic rings. The molecule has 7 nitrogen and oxygen atoms in total. The maximum atomic E-state index is 12.9. The quantitative estimate of drug-likeness (QED) is 0.361. The molecular weight excluding hydrogens is 440 g/mol. The van der Waals surface area contributed by atoms with Crippen molar-refractivity contribution in [3.8, 4) is 5.69 Å². The molecule has 0 aliphatic carbocycles. The molecule has 0 fully saturated rings. The fourth-order valence-electron chi connectivity index (χ4n) is 3.88. The molecule has 1 heterocycles. The zero-order valence-electron chi connectivity index (χ0n) is 20.2. The van der Waals surface area contributed by atoms with Crippen LogP contribution in [-0.4, -0.2) is 38.3 Å². The lowest BCUT2D eigenvalue weighted by Crippen LogP contribution is -2.50. The monoisotopic (exact) mass is 472 g/mol. The van der Waals surface area contributed by atoms with Gasteiger partial charge in [-0.25, -0.2) is 4.68 Å². The molecular formula is C28H32N4O3. The highest BCUT2D eigenvalue weighted by Gasteiger charge is 2.32. The van der Waals surface area contributed by atoms with E-state index in [-0.39, 0.29) is 18.2 Å². The van der Waals surface area contributed by atoms with Crippen LogP contribution >= 0.6 is 0 Å². The standard InChI is InChI=1S/C28H32N4O3/c1-5-13-28(35,14-6-2)21(4)30-27(34)23-11-8-12-25(17-23)32-19-24(18-29-32)31-26(33)16-22-10-7-9-20(3)15-22/h5-12,15,17-19,21,35H,1-2,13-14,16H2,3-4H3,(H,30,34)(H,31,33). The predicted molar refractivity (Wildman–Crippen MR) is 139 cm³/mol. The minimum absolute atomic E-state index is 0.135. The Balaban J connectivity index is 1.67. The Hall–Kier alpha value is -3.97. The van der Waals surface area contributed by atoms with Crippen molar-refractivity contribution in [2.24, 2.45) is 0 Å². The number of anilines is 1. The molecule has 1 unspecified atom stereocenters. The molecule has 0 radical (unpaired) electrons. The Bertz CT molecular complexity index is 1200. The van der Waals surface area contributed by atoms with E-state index in [1.807, 2.05) is 37.3 Å². The highest BCUT2D eigenvalue weighted by molar-refractivity contribution is 5.95. The number of hydrogen-bond donors (Lipinski definition) is 3. The van der Waals surface area contributed by atoms with E-state index in [9.17, 15) is 14.7 Å². The van der Waals surface area contributed by atoms with Gasteiger partial charge in [-0.15, -0.1) is 13.2 Å². The molecule has 2 amide bonds. The number of amides is 2. The average molecular weight is 473 g/mol. The van der Waals surface area contributed by atoms with Crippen LogP contribution in [-0.2, 0) is 11.2 Å². The molecule has 35 heavy (non-hydrogen) atoms. The van der Waals surface area contributed by atoms with Crippen LogP contribution in [0.5, 0.6) is 0 Å². The third-order valence-corrected chi connectivity index (χ3v) is 5.84. The lowest BCUT2D eigenvalue weighted by atomic mass is 9.88. The van der Waals surface area contributed by atoms with E-state index in [2.05, 4.69) is 28.9 Å². The van der Waals surface area contributed by atoms with E-state index in [4.69, 9.17) is 0 Å². The number of nitrogens with zero attached hydrogens (tertiary/aromatic N) is 2. The van der Waals surface area contributed by atoms with E-state index in [1.54, 1.807) is 54.4 Å². The van der Waals surface area contributed by atoms with Crippen LogP contribution in [0.25, 0.3) is 5.69 Å². The van der Waals surface area contributed by atoms with Crippen LogP contribution in [0.15, 0.2) is 86.2 Å². The van der Waals surface area contributed by atoms with E-state index in [0.29, 0.717) is 29.8 Å². The number of carbonyl (C=O) groups is 2. The summed E-state index contributed by atoms with van der Waals surface area (Å²) in [6.45, 7) is 11.1. The van der Waals surface area contributed by atoms with E-state index in [0.717, 1.165) is 11.1 Å². The lowest BCUT2D eigenvalue weighted by molar-refractivity contribution is -0.115. The summed E-state index contributed by atoms with van der Waals surface area (Å²) in [5.41, 5.74) is 2.53. The van der Waals surface area contributed by atoms with Crippen LogP contribution in [0.4, 0.5) is 5.69 Å². The summed E-state index contributed by atoms with van der Waals surface area (Å²) in [6.07, 6.45) is 7.43. The van der Waals surface area contributed by atoms with Gasteiger partial charge < -0.3 is 15.7 Å². The van der Waals surface area contributed by atoms with Crippen molar-refractivity contribution in [3.63, 3.8) is 0 Å². The van der Waals surface area contributed by atoms with Crippen LogP contribution in [0.3, 0.4) is 0 Å². The van der Waals surface area contributed by atoms with Gasteiger partial charge in [-0.2, -0.15) is 5.10 Å². The molecule has 0 bridgehead atoms. The number of nitrogens with one attached hydrogen (secondary N) is 2. The SMILES string of the molecule is C=CCC(O)(CC=C)C(C)NC(=O)c1cccc(-n2cc(NC(=O)Cc3cccc(C)c3)cn2)c1. The van der Waals surface area contributed by atoms with Crippen molar-refractivity contribution in [2.75, 3.05) is 5.32 Å². The molecule has 1 aromatic heterocycles. The zero-order chi connectivity index (χ0) is 25.4. The summed E-state index contributed by atoms with van der Waals surface area (Å²) in [7, 11) is 0. The molecule has 0 aliphatic heterocycles. The van der Waals surface area contributed by atoms with Gasteiger partial charge in [0.2, 0.25) is 5.91 Å². The molecule has 0 saturated carbocycles. The summed E-state index contributed by atoms with van der Waals surface area (Å²) in [5.74, 6) is -0.450. The summed E-state index contributed by atoms with van der Waals surface area (Å²) in [5, 5.41) is 20.9. The first kappa shape index (κ1) is 25.6. The third kappa shape index (κ3) is 6.77. The minimum Gasteiger partial charge on any atom is -0.387 e. The Morgan fingerprint density at radius 2 is 1.86 bits per heavy atom. The summed E-state index contributed by atoms with van der Waals surface area (Å²) >= 11 is 0. The first-order valence-electron chi connectivity index (χ1n) is 11.5. The normalized spacial score (nSPS) is 12.0. The van der Waals surface area contributed by atoms with Crippen LogP contribution in [0.2, 0.25) is 0 Å². The number of aryl methyl sites for hydroxylation is 1. The lowest BCUT2D eigenvalue weighted by Gasteiger charge is -2.33. The average Bonchev–Trinajstić information content (AvgIpc) is 3.27. The van der Waals surface area contributed by atoms with Gasteiger partial charge in [0.25, 0.3) is 5.91 Å². The van der Waals surface area contributed by atoms with Gasteiger partial charge in [-0.3, -0.25) is 9.59 Å². The predicted octanol–water partition coefficient (Wildman–Crippen LogP) is 4.36. The molecule has 182 valence electrons. The minimum atomic E-state index is -1.16. The molecule has 3 N–H and O–H groups in total. The zero-order valence-corrected chi connectivity index (χ0v) is 20.2. The Morgan fingerprint density at radius 3 is 2.54 bits per heavy atom. The molecule has 1 atom stereocenters. The van der Waals surface area contributed by atoms with Gasteiger partial charge in [-0.05, 0) is 50.5 Å². The smallest absolute Gasteiger partial charge is 0.251 e. The van der Waals surface area contributed by atoms with Crippen molar-refractivity contribution >= 4 is 17.5 Å². The van der Waals surface area contributed by atoms with Gasteiger partial charge in [0.1, 0.15) is 0 Å². The van der Waals surface area contributed by atoms with Gasteiger partial charge in [-0.1, -0.05) is 48.0 Å². The Kier molecular flexibility index (Phi) is 8.39. The highest BCUT2D eigenvalue weighted by atomic mass is 16.3. The van der Waals surface area contributed by atoms with Crippen LogP contribution in [0, 0.1) is 6.92 Å². The first-order chi connectivity index (χ1) is 16.7. The second-order valence-electron chi connectivity index (χ2n) is 8.72. The fourth-order valence-corrected chi connectivity index (χ4v) is 3.88. The Morgan fingerprint density at radius 1 is 1.14 bits per heavy atom. The number of aliphatic hydroxyl groups is 1. The number of benzene rings is 2. The second-order valence-corrected chi connectivity index (χ2v) is 8.72. The van der Waals surface area contributed by atoms with Gasteiger partial charge in [0.05, 0.1) is 41.8 Å². The van der Waals surface area contributed by atoms with E-state index >= 15 is 0 Å². The summed E-state index contributed by atoms with van der Waals surface area (Å²) in [4.78, 5) is 25.3. The van der Waals surface area contributed by atoms with Crippen molar-refractivity contribution in [2.45, 2.75) is 44.8 Å². The van der Waals surface area contributed by atoms with Gasteiger partial charge in [0.15, 0.2) is 0 Å². The molecule has 7 heteroatoms.